The van der Waals surface area contributed by atoms with Gasteiger partial charge in [0.25, 0.3) is 0 Å². The van der Waals surface area contributed by atoms with Gasteiger partial charge < -0.3 is 19.7 Å². The van der Waals surface area contributed by atoms with Gasteiger partial charge in [-0.15, -0.1) is 6.42 Å². The molecule has 0 amide bonds. The van der Waals surface area contributed by atoms with Gasteiger partial charge in [0.1, 0.15) is 29.5 Å². The van der Waals surface area contributed by atoms with Gasteiger partial charge in [-0.2, -0.15) is 36.3 Å². The zero-order valence-corrected chi connectivity index (χ0v) is 29.4. The van der Waals surface area contributed by atoms with E-state index in [0.29, 0.717) is 84.8 Å². The number of benzene rings is 2. The van der Waals surface area contributed by atoms with E-state index < -0.39 is 48.3 Å². The van der Waals surface area contributed by atoms with Crippen LogP contribution in [-0.4, -0.2) is 94.3 Å². The van der Waals surface area contributed by atoms with Crippen molar-refractivity contribution in [2.75, 3.05) is 31.2 Å². The predicted molar refractivity (Wildman–Crippen MR) is 187 cm³/mol. The van der Waals surface area contributed by atoms with Crippen LogP contribution in [0.5, 0.6) is 6.01 Å². The van der Waals surface area contributed by atoms with Gasteiger partial charge in [0.05, 0.1) is 28.8 Å². The Labute approximate surface area is 310 Å². The first-order chi connectivity index (χ1) is 26.3. The van der Waals surface area contributed by atoms with Crippen molar-refractivity contribution in [3.8, 4) is 29.6 Å². The van der Waals surface area contributed by atoms with Crippen LogP contribution in [-0.2, 0) is 11.2 Å². The highest BCUT2D eigenvalue weighted by Crippen LogP contribution is 2.46. The maximum Gasteiger partial charge on any atom is 0.423 e. The van der Waals surface area contributed by atoms with E-state index >= 15 is 8.78 Å². The van der Waals surface area contributed by atoms with Crippen LogP contribution in [0.1, 0.15) is 56.2 Å². The molecule has 5 atom stereocenters. The fourth-order valence-electron chi connectivity index (χ4n) is 9.87. The third-order valence-electron chi connectivity index (χ3n) is 12.3. The van der Waals surface area contributed by atoms with E-state index in [1.807, 2.05) is 4.90 Å². The molecule has 9 rings (SSSR count). The number of hydrogen-bond donors (Lipinski definition) is 1. The Morgan fingerprint density at radius 1 is 0.964 bits per heavy atom. The molecule has 55 heavy (non-hydrogen) atoms. The number of nitrogens with one attached hydrogen (secondary N) is 1. The minimum Gasteiger partial charge on any atom is -0.461 e. The molecule has 5 aliphatic rings. The summed E-state index contributed by atoms with van der Waals surface area (Å²) in [6.45, 7) is 0.290. The number of rotatable bonds is 7. The quantitative estimate of drug-likeness (QED) is 0.156. The smallest absolute Gasteiger partial charge is 0.423 e. The number of aryl methyl sites for hydroxylation is 1. The van der Waals surface area contributed by atoms with Gasteiger partial charge in [-0.3, -0.25) is 4.90 Å². The van der Waals surface area contributed by atoms with Crippen LogP contribution in [0, 0.1) is 24.0 Å². The van der Waals surface area contributed by atoms with Gasteiger partial charge in [-0.05, 0) is 69.4 Å². The molecule has 16 heteroatoms. The van der Waals surface area contributed by atoms with Gasteiger partial charge in [-0.25, -0.2) is 13.8 Å². The highest BCUT2D eigenvalue weighted by Gasteiger charge is 2.59. The summed E-state index contributed by atoms with van der Waals surface area (Å²) in [7, 11) is 0. The number of anilines is 1. The summed E-state index contributed by atoms with van der Waals surface area (Å²) in [5, 5.41) is 5.11. The minimum atomic E-state index is -5.60. The van der Waals surface area contributed by atoms with Crippen LogP contribution in [0.2, 0.25) is 0 Å². The molecule has 4 aromatic rings. The van der Waals surface area contributed by atoms with Gasteiger partial charge in [0.15, 0.2) is 5.82 Å². The number of alkyl halides is 6. The van der Waals surface area contributed by atoms with Crippen LogP contribution in [0.3, 0.4) is 0 Å². The molecular weight excluding hydrogens is 736 g/mol. The van der Waals surface area contributed by atoms with Crippen molar-refractivity contribution in [2.24, 2.45) is 0 Å². The predicted octanol–water partition coefficient (Wildman–Crippen LogP) is 7.25. The topological polar surface area (TPSA) is 75.6 Å². The number of piperazine rings is 1. The molecular formula is C39H36F8N6O2. The average molecular weight is 773 g/mol. The van der Waals surface area contributed by atoms with Crippen LogP contribution in [0.15, 0.2) is 30.3 Å². The van der Waals surface area contributed by atoms with E-state index in [2.05, 4.69) is 25.9 Å². The second-order valence-corrected chi connectivity index (χ2v) is 15.3. The van der Waals surface area contributed by atoms with Crippen LogP contribution < -0.4 is 15.0 Å². The molecule has 4 saturated heterocycles. The van der Waals surface area contributed by atoms with Gasteiger partial charge >= 0.3 is 18.4 Å². The monoisotopic (exact) mass is 772 g/mol. The molecule has 5 aliphatic heterocycles. The lowest BCUT2D eigenvalue weighted by Gasteiger charge is -2.41. The molecule has 2 aromatic heterocycles. The Balaban J connectivity index is 1.10. The summed E-state index contributed by atoms with van der Waals surface area (Å²) < 4.78 is 122. The summed E-state index contributed by atoms with van der Waals surface area (Å²) in [4.78, 5) is 18.5. The Hall–Kier alpha value is -4.33. The first kappa shape index (κ1) is 36.3. The molecule has 0 unspecified atom stereocenters. The minimum absolute atomic E-state index is 0.0140. The molecule has 1 N–H and O–H groups in total. The lowest BCUT2D eigenvalue weighted by molar-refractivity contribution is -0.323. The highest BCUT2D eigenvalue weighted by molar-refractivity contribution is 6.02. The highest BCUT2D eigenvalue weighted by atomic mass is 19.4. The summed E-state index contributed by atoms with van der Waals surface area (Å²) in [5.74, 6) is 1.53. The maximum absolute atomic E-state index is 17.2. The summed E-state index contributed by atoms with van der Waals surface area (Å²) in [5.41, 5.74) is 0.105. The third-order valence-corrected chi connectivity index (χ3v) is 12.3. The molecule has 8 nitrogen and oxygen atoms in total. The normalized spacial score (nSPS) is 26.4. The number of hydrogen-bond acceptors (Lipinski definition) is 8. The number of pyridine rings is 1. The van der Waals surface area contributed by atoms with Crippen molar-refractivity contribution in [3.05, 3.63) is 53.2 Å². The average Bonchev–Trinajstić information content (AvgIpc) is 3.80. The molecule has 4 fully saturated rings. The number of fused-ring (bicyclic) bond motifs is 7. The first-order valence-electron chi connectivity index (χ1n) is 18.5. The number of terminal acetylenes is 1. The number of ether oxygens (including phenoxy) is 2. The largest absolute Gasteiger partial charge is 0.461 e. The zero-order valence-electron chi connectivity index (χ0n) is 29.4. The Bertz CT molecular complexity index is 2210. The lowest BCUT2D eigenvalue weighted by Crippen LogP contribution is -2.58. The van der Waals surface area contributed by atoms with E-state index in [1.54, 1.807) is 24.3 Å². The fraction of sp³-hybridized carbons (Fsp3) is 0.513. The van der Waals surface area contributed by atoms with Gasteiger partial charge in [-0.1, -0.05) is 30.2 Å². The zero-order chi connectivity index (χ0) is 38.4. The van der Waals surface area contributed by atoms with Crippen molar-refractivity contribution < 1.29 is 44.6 Å². The second-order valence-electron chi connectivity index (χ2n) is 15.3. The Morgan fingerprint density at radius 3 is 2.56 bits per heavy atom. The first-order valence-corrected chi connectivity index (χ1v) is 18.5. The van der Waals surface area contributed by atoms with E-state index in [-0.39, 0.29) is 47.5 Å². The molecule has 2 bridgehead atoms. The standard InChI is InChI=1S/C39H36F8N6O2/c1-2-23-25(40)9-7-20-5-3-6-24(29(20)23)32-31(41)33-30-27(49-32)11-12-28-26-10-8-21(48-26)17-52(28)34(30)51-36(50-33)55-19-37-14-4-16-53(37)22(13-15-37)18-54-35(38(42,43)44)39(45,46)47/h1,3,5-7,9,21-22,26,28,35,48H,4,8,10-19H2/t21-,22+,26+,28-,37+/m1/s1. The van der Waals surface area contributed by atoms with Crippen molar-refractivity contribution in [1.82, 2.24) is 25.2 Å². The Kier molecular flexibility index (Phi) is 8.67. The maximum atomic E-state index is 17.2. The van der Waals surface area contributed by atoms with Crippen molar-refractivity contribution in [3.63, 3.8) is 0 Å². The molecule has 2 aromatic carbocycles. The molecule has 0 saturated carbocycles. The molecule has 7 heterocycles. The van der Waals surface area contributed by atoms with E-state index in [1.165, 1.54) is 6.07 Å². The van der Waals surface area contributed by atoms with Gasteiger partial charge in [0, 0.05) is 41.7 Å². The molecule has 0 aliphatic carbocycles. The molecule has 290 valence electrons. The van der Waals surface area contributed by atoms with Gasteiger partial charge in [0.2, 0.25) is 6.10 Å². The van der Waals surface area contributed by atoms with E-state index in [0.717, 1.165) is 12.8 Å². The van der Waals surface area contributed by atoms with Crippen molar-refractivity contribution in [2.45, 2.75) is 99.5 Å². The fourth-order valence-corrected chi connectivity index (χ4v) is 9.87. The second kappa shape index (κ2) is 13.1. The lowest BCUT2D eigenvalue weighted by atomic mass is 9.95. The summed E-state index contributed by atoms with van der Waals surface area (Å²) in [6.07, 6.45) is -4.20. The van der Waals surface area contributed by atoms with E-state index in [4.69, 9.17) is 21.1 Å². The molecule has 0 spiro atoms. The van der Waals surface area contributed by atoms with Crippen molar-refractivity contribution >= 4 is 27.5 Å². The van der Waals surface area contributed by atoms with Crippen LogP contribution in [0.25, 0.3) is 32.9 Å². The Morgan fingerprint density at radius 2 is 1.78 bits per heavy atom. The molecule has 0 radical (unpaired) electrons. The summed E-state index contributed by atoms with van der Waals surface area (Å²) in [6, 6.07) is 7.60. The third kappa shape index (κ3) is 6.04. The van der Waals surface area contributed by atoms with Crippen LogP contribution >= 0.6 is 0 Å². The summed E-state index contributed by atoms with van der Waals surface area (Å²) >= 11 is 0. The van der Waals surface area contributed by atoms with Crippen molar-refractivity contribution in [1.29, 1.82) is 0 Å². The number of aromatic nitrogens is 3. The van der Waals surface area contributed by atoms with E-state index in [9.17, 15) is 26.3 Å². The van der Waals surface area contributed by atoms with Crippen LogP contribution in [0.4, 0.5) is 40.9 Å². The number of nitrogens with zero attached hydrogens (tertiary/aromatic N) is 5. The number of halogens is 8. The SMILES string of the molecule is C#Cc1c(F)ccc2cccc(-c3nc4c5c(nc(OC[C@@]67CCCN6[C@H](COC(C(F)(F)F)C(F)(F)F)CC7)nc5c3F)N3C[C@H]5CC[C@H](N5)[C@H]3CC4)c12.